The minimum absolute atomic E-state index is 0.834. The van der Waals surface area contributed by atoms with Crippen molar-refractivity contribution in [2.24, 2.45) is 0 Å². The molecule has 1 aromatic heterocycles. The fourth-order valence-electron chi connectivity index (χ4n) is 1.86. The van der Waals surface area contributed by atoms with Gasteiger partial charge in [0.2, 0.25) is 0 Å². The summed E-state index contributed by atoms with van der Waals surface area (Å²) in [5.41, 5.74) is 2.21. The minimum Gasteiger partial charge on any atom is -0.457 e. The maximum atomic E-state index is 5.75. The van der Waals surface area contributed by atoms with Gasteiger partial charge in [0, 0.05) is 16.4 Å². The first-order valence-electron chi connectivity index (χ1n) is 5.98. The number of halogens is 1. The molecular formula is C16H12BrNO. The number of benzene rings is 2. The highest BCUT2D eigenvalue weighted by molar-refractivity contribution is 9.10. The Morgan fingerprint density at radius 1 is 0.842 bits per heavy atom. The van der Waals surface area contributed by atoms with E-state index in [1.165, 1.54) is 0 Å². The lowest BCUT2D eigenvalue weighted by Gasteiger charge is -2.06. The molecule has 0 aliphatic carbocycles. The first-order valence-corrected chi connectivity index (χ1v) is 6.78. The van der Waals surface area contributed by atoms with E-state index in [-0.39, 0.29) is 0 Å². The molecule has 0 amide bonds. The van der Waals surface area contributed by atoms with Gasteiger partial charge in [-0.2, -0.15) is 0 Å². The van der Waals surface area contributed by atoms with Crippen LogP contribution in [0.3, 0.4) is 0 Å². The fourth-order valence-corrected chi connectivity index (χ4v) is 2.21. The second kappa shape index (κ2) is 5.33. The van der Waals surface area contributed by atoms with Gasteiger partial charge >= 0.3 is 0 Å². The van der Waals surface area contributed by atoms with Crippen LogP contribution in [0.15, 0.2) is 71.3 Å². The number of aromatic amines is 1. The summed E-state index contributed by atoms with van der Waals surface area (Å²) < 4.78 is 6.80. The Balaban J connectivity index is 1.79. The first kappa shape index (κ1) is 12.1. The molecule has 1 N–H and O–H groups in total. The number of para-hydroxylation sites is 1. The largest absolute Gasteiger partial charge is 0.457 e. The Morgan fingerprint density at radius 2 is 1.53 bits per heavy atom. The smallest absolute Gasteiger partial charge is 0.127 e. The third kappa shape index (κ3) is 2.88. The summed E-state index contributed by atoms with van der Waals surface area (Å²) in [5.74, 6) is 1.68. The Bertz CT molecular complexity index is 659. The third-order valence-electron chi connectivity index (χ3n) is 2.79. The van der Waals surface area contributed by atoms with Crippen molar-refractivity contribution < 1.29 is 4.74 Å². The second-order valence-electron chi connectivity index (χ2n) is 4.17. The maximum absolute atomic E-state index is 5.75. The van der Waals surface area contributed by atoms with E-state index in [0.717, 1.165) is 27.2 Å². The van der Waals surface area contributed by atoms with Crippen LogP contribution in [0.5, 0.6) is 11.5 Å². The highest BCUT2D eigenvalue weighted by atomic mass is 79.9. The number of H-pyrrole nitrogens is 1. The van der Waals surface area contributed by atoms with Gasteiger partial charge in [0.05, 0.1) is 0 Å². The number of rotatable bonds is 3. The van der Waals surface area contributed by atoms with Crippen LogP contribution in [0.1, 0.15) is 0 Å². The van der Waals surface area contributed by atoms with Crippen LogP contribution in [0.25, 0.3) is 11.3 Å². The standard InChI is InChI=1S/C16H12BrNO/c17-13-10-16(18-11-13)12-6-8-15(9-7-12)19-14-4-2-1-3-5-14/h1-11,18H. The van der Waals surface area contributed by atoms with E-state index in [2.05, 4.69) is 20.9 Å². The number of hydrogen-bond donors (Lipinski definition) is 1. The molecule has 0 unspecified atom stereocenters. The summed E-state index contributed by atoms with van der Waals surface area (Å²) in [4.78, 5) is 3.20. The lowest BCUT2D eigenvalue weighted by Crippen LogP contribution is -1.83. The first-order chi connectivity index (χ1) is 9.31. The van der Waals surface area contributed by atoms with Crippen molar-refractivity contribution in [3.63, 3.8) is 0 Å². The zero-order valence-electron chi connectivity index (χ0n) is 10.1. The molecule has 0 bridgehead atoms. The molecule has 0 radical (unpaired) electrons. The van der Waals surface area contributed by atoms with Gasteiger partial charge in [-0.3, -0.25) is 0 Å². The number of hydrogen-bond acceptors (Lipinski definition) is 1. The fraction of sp³-hybridized carbons (Fsp3) is 0. The van der Waals surface area contributed by atoms with Gasteiger partial charge in [0.15, 0.2) is 0 Å². The lowest BCUT2D eigenvalue weighted by atomic mass is 10.1. The van der Waals surface area contributed by atoms with Crippen LogP contribution in [0.2, 0.25) is 0 Å². The summed E-state index contributed by atoms with van der Waals surface area (Å²) in [5, 5.41) is 0. The summed E-state index contributed by atoms with van der Waals surface area (Å²) in [7, 11) is 0. The van der Waals surface area contributed by atoms with E-state index in [1.54, 1.807) is 0 Å². The molecule has 2 nitrogen and oxygen atoms in total. The average molecular weight is 314 g/mol. The van der Waals surface area contributed by atoms with Crippen LogP contribution >= 0.6 is 15.9 Å². The van der Waals surface area contributed by atoms with Crippen molar-refractivity contribution in [2.45, 2.75) is 0 Å². The van der Waals surface area contributed by atoms with E-state index in [1.807, 2.05) is 66.9 Å². The quantitative estimate of drug-likeness (QED) is 0.703. The molecule has 19 heavy (non-hydrogen) atoms. The van der Waals surface area contributed by atoms with Crippen LogP contribution in [0, 0.1) is 0 Å². The van der Waals surface area contributed by atoms with Crippen LogP contribution in [0.4, 0.5) is 0 Å². The van der Waals surface area contributed by atoms with E-state index < -0.39 is 0 Å². The monoisotopic (exact) mass is 313 g/mol. The summed E-state index contributed by atoms with van der Waals surface area (Å²) >= 11 is 3.43. The van der Waals surface area contributed by atoms with E-state index in [4.69, 9.17) is 4.74 Å². The molecule has 0 saturated carbocycles. The normalized spacial score (nSPS) is 10.4. The molecule has 0 aliphatic rings. The zero-order valence-corrected chi connectivity index (χ0v) is 11.7. The average Bonchev–Trinajstić information content (AvgIpc) is 2.87. The predicted octanol–water partition coefficient (Wildman–Crippen LogP) is 5.24. The molecule has 94 valence electrons. The van der Waals surface area contributed by atoms with Crippen molar-refractivity contribution >= 4 is 15.9 Å². The van der Waals surface area contributed by atoms with Crippen LogP contribution in [-0.4, -0.2) is 4.98 Å². The van der Waals surface area contributed by atoms with Crippen molar-refractivity contribution in [1.82, 2.24) is 4.98 Å². The topological polar surface area (TPSA) is 25.0 Å². The van der Waals surface area contributed by atoms with E-state index >= 15 is 0 Å². The summed E-state index contributed by atoms with van der Waals surface area (Å²) in [6.07, 6.45) is 1.92. The van der Waals surface area contributed by atoms with Crippen LogP contribution in [-0.2, 0) is 0 Å². The Hall–Kier alpha value is -2.00. The lowest BCUT2D eigenvalue weighted by molar-refractivity contribution is 0.483. The molecule has 2 aromatic carbocycles. The maximum Gasteiger partial charge on any atom is 0.127 e. The second-order valence-corrected chi connectivity index (χ2v) is 5.09. The highest BCUT2D eigenvalue weighted by Gasteiger charge is 2.01. The van der Waals surface area contributed by atoms with Gasteiger partial charge in [-0.15, -0.1) is 0 Å². The molecule has 0 spiro atoms. The molecule has 0 atom stereocenters. The number of nitrogens with one attached hydrogen (secondary N) is 1. The van der Waals surface area contributed by atoms with Crippen molar-refractivity contribution in [2.75, 3.05) is 0 Å². The zero-order chi connectivity index (χ0) is 13.1. The molecule has 0 aliphatic heterocycles. The van der Waals surface area contributed by atoms with Crippen molar-refractivity contribution in [3.8, 4) is 22.8 Å². The third-order valence-corrected chi connectivity index (χ3v) is 3.25. The Kier molecular flexibility index (Phi) is 3.38. The molecule has 1 heterocycles. The van der Waals surface area contributed by atoms with E-state index in [9.17, 15) is 0 Å². The minimum atomic E-state index is 0.834. The molecular weight excluding hydrogens is 302 g/mol. The van der Waals surface area contributed by atoms with Crippen molar-refractivity contribution in [3.05, 3.63) is 71.3 Å². The van der Waals surface area contributed by atoms with Crippen molar-refractivity contribution in [1.29, 1.82) is 0 Å². The number of aromatic nitrogens is 1. The van der Waals surface area contributed by atoms with Gasteiger partial charge < -0.3 is 9.72 Å². The highest BCUT2D eigenvalue weighted by Crippen LogP contribution is 2.26. The molecule has 0 saturated heterocycles. The Morgan fingerprint density at radius 3 is 2.16 bits per heavy atom. The molecule has 3 rings (SSSR count). The van der Waals surface area contributed by atoms with E-state index in [0.29, 0.717) is 0 Å². The Labute approximate surface area is 120 Å². The molecule has 3 heteroatoms. The molecule has 0 fully saturated rings. The van der Waals surface area contributed by atoms with Gasteiger partial charge in [-0.25, -0.2) is 0 Å². The summed E-state index contributed by atoms with van der Waals surface area (Å²) in [6.45, 7) is 0. The van der Waals surface area contributed by atoms with Gasteiger partial charge in [0.25, 0.3) is 0 Å². The van der Waals surface area contributed by atoms with Crippen LogP contribution < -0.4 is 4.74 Å². The predicted molar refractivity (Wildman–Crippen MR) is 80.4 cm³/mol. The SMILES string of the molecule is Brc1c[nH]c(-c2ccc(Oc3ccccc3)cc2)c1. The van der Waals surface area contributed by atoms with Gasteiger partial charge in [-0.1, -0.05) is 18.2 Å². The van der Waals surface area contributed by atoms with Gasteiger partial charge in [-0.05, 0) is 64.0 Å². The number of ether oxygens (including phenoxy) is 1. The summed E-state index contributed by atoms with van der Waals surface area (Å²) in [6, 6.07) is 19.8. The van der Waals surface area contributed by atoms with Gasteiger partial charge in [0.1, 0.15) is 11.5 Å². The molecule has 3 aromatic rings.